The lowest BCUT2D eigenvalue weighted by atomic mass is 9.97. The van der Waals surface area contributed by atoms with Crippen LogP contribution in [0.25, 0.3) is 27.0 Å². The Hall–Kier alpha value is -5.02. The van der Waals surface area contributed by atoms with Crippen LogP contribution in [0.2, 0.25) is 0 Å². The van der Waals surface area contributed by atoms with Gasteiger partial charge in [-0.1, -0.05) is 92.4 Å². The van der Waals surface area contributed by atoms with Crippen LogP contribution in [-0.4, -0.2) is 27.1 Å². The second kappa shape index (κ2) is 13.1. The Morgan fingerprint density at radius 1 is 0.932 bits per heavy atom. The van der Waals surface area contributed by atoms with Crippen LogP contribution < -0.4 is 16.6 Å². The zero-order valence-electron chi connectivity index (χ0n) is 24.8. The van der Waals surface area contributed by atoms with Gasteiger partial charge >= 0.3 is 11.8 Å². The van der Waals surface area contributed by atoms with Crippen LogP contribution in [0, 0.1) is 0 Å². The monoisotopic (exact) mass is 607 g/mol. The van der Waals surface area contributed by atoms with E-state index in [1.54, 1.807) is 48.7 Å². The SMILES string of the molecule is C=C(NC(=O)OC(C)C)c1ccccc1-c1ccc(Cn2c(=O)n(CC(=O)c3ccccc3)c(=O)c3cc(CC)sc32)cc1. The molecule has 0 aliphatic heterocycles. The number of amides is 1. The smallest absolute Gasteiger partial charge is 0.411 e. The molecule has 0 aliphatic carbocycles. The van der Waals surface area contributed by atoms with Gasteiger partial charge in [-0.15, -0.1) is 11.3 Å². The minimum Gasteiger partial charge on any atom is -0.447 e. The van der Waals surface area contributed by atoms with Gasteiger partial charge in [-0.2, -0.15) is 0 Å². The number of nitrogens with zero attached hydrogens (tertiary/aromatic N) is 2. The van der Waals surface area contributed by atoms with Crippen LogP contribution in [0.1, 0.15) is 47.1 Å². The predicted octanol–water partition coefficient (Wildman–Crippen LogP) is 6.49. The summed E-state index contributed by atoms with van der Waals surface area (Å²) in [6.07, 6.45) is -0.108. The fraction of sp³-hybridized carbons (Fsp3) is 0.200. The Balaban J connectivity index is 1.47. The second-order valence-electron chi connectivity index (χ2n) is 10.6. The Morgan fingerprint density at radius 3 is 2.30 bits per heavy atom. The van der Waals surface area contributed by atoms with Crippen molar-refractivity contribution in [3.63, 3.8) is 0 Å². The maximum atomic E-state index is 13.8. The molecule has 8 nitrogen and oxygen atoms in total. The van der Waals surface area contributed by atoms with Gasteiger partial charge in [-0.3, -0.25) is 24.0 Å². The molecule has 0 saturated carbocycles. The largest absolute Gasteiger partial charge is 0.447 e. The molecular formula is C35H33N3O5S. The molecule has 2 heterocycles. The highest BCUT2D eigenvalue weighted by molar-refractivity contribution is 7.18. The zero-order chi connectivity index (χ0) is 31.4. The normalized spacial score (nSPS) is 11.1. The van der Waals surface area contributed by atoms with Crippen molar-refractivity contribution in [1.82, 2.24) is 14.5 Å². The number of ether oxygens (including phenoxy) is 1. The number of fused-ring (bicyclic) bond motifs is 1. The van der Waals surface area contributed by atoms with Gasteiger partial charge in [-0.05, 0) is 43.0 Å². The average molecular weight is 608 g/mol. The molecule has 1 N–H and O–H groups in total. The second-order valence-corrected chi connectivity index (χ2v) is 11.7. The van der Waals surface area contributed by atoms with Crippen LogP contribution in [0.15, 0.2) is 101 Å². The number of aromatic nitrogens is 2. The average Bonchev–Trinajstić information content (AvgIpc) is 3.46. The number of nitrogens with one attached hydrogen (secondary N) is 1. The first kappa shape index (κ1) is 30.4. The molecule has 1 amide bonds. The minimum atomic E-state index is -0.571. The van der Waals surface area contributed by atoms with Crippen molar-refractivity contribution in [2.45, 2.75) is 46.4 Å². The van der Waals surface area contributed by atoms with Gasteiger partial charge in [0.05, 0.1) is 24.6 Å². The molecule has 0 radical (unpaired) electrons. The van der Waals surface area contributed by atoms with Crippen molar-refractivity contribution in [2.75, 3.05) is 0 Å². The lowest BCUT2D eigenvalue weighted by molar-refractivity contribution is 0.0968. The molecule has 0 bridgehead atoms. The Kier molecular flexibility index (Phi) is 9.06. The highest BCUT2D eigenvalue weighted by Crippen LogP contribution is 2.28. The van der Waals surface area contributed by atoms with E-state index in [4.69, 9.17) is 4.74 Å². The highest BCUT2D eigenvalue weighted by Gasteiger charge is 2.19. The van der Waals surface area contributed by atoms with Crippen molar-refractivity contribution in [3.8, 4) is 11.1 Å². The first-order chi connectivity index (χ1) is 21.2. The Bertz CT molecular complexity index is 1970. The fourth-order valence-electron chi connectivity index (χ4n) is 4.97. The van der Waals surface area contributed by atoms with E-state index in [2.05, 4.69) is 11.9 Å². The van der Waals surface area contributed by atoms with Gasteiger partial charge in [0.2, 0.25) is 0 Å². The van der Waals surface area contributed by atoms with Gasteiger partial charge in [0.1, 0.15) is 4.83 Å². The molecule has 0 aliphatic rings. The van der Waals surface area contributed by atoms with Gasteiger partial charge < -0.3 is 4.74 Å². The van der Waals surface area contributed by atoms with Crippen molar-refractivity contribution in [1.29, 1.82) is 0 Å². The third-order valence-corrected chi connectivity index (χ3v) is 8.45. The molecule has 9 heteroatoms. The summed E-state index contributed by atoms with van der Waals surface area (Å²) in [5, 5.41) is 3.13. The van der Waals surface area contributed by atoms with Gasteiger partial charge in [0.15, 0.2) is 5.78 Å². The number of Topliss-reactive ketones (excluding diaryl/α,β-unsaturated/α-hetero) is 1. The summed E-state index contributed by atoms with van der Waals surface area (Å²) in [6, 6.07) is 25.8. The predicted molar refractivity (Wildman–Crippen MR) is 175 cm³/mol. The van der Waals surface area contributed by atoms with Crippen LogP contribution in [0.5, 0.6) is 0 Å². The molecule has 0 saturated heterocycles. The van der Waals surface area contributed by atoms with E-state index >= 15 is 0 Å². The number of carbonyl (C=O) groups is 2. The Morgan fingerprint density at radius 2 is 1.61 bits per heavy atom. The van der Waals surface area contributed by atoms with Crippen LogP contribution >= 0.6 is 11.3 Å². The summed E-state index contributed by atoms with van der Waals surface area (Å²) in [7, 11) is 0. The molecule has 0 fully saturated rings. The van der Waals surface area contributed by atoms with Crippen molar-refractivity contribution >= 4 is 39.1 Å². The highest BCUT2D eigenvalue weighted by atomic mass is 32.1. The van der Waals surface area contributed by atoms with E-state index in [0.717, 1.165) is 38.1 Å². The summed E-state index contributed by atoms with van der Waals surface area (Å²) in [5.41, 5.74) is 3.23. The maximum absolute atomic E-state index is 13.8. The fourth-order valence-corrected chi connectivity index (χ4v) is 6.04. The van der Waals surface area contributed by atoms with Gasteiger partial charge in [0.25, 0.3) is 5.56 Å². The van der Waals surface area contributed by atoms with Crippen LogP contribution in [0.4, 0.5) is 4.79 Å². The number of rotatable bonds is 10. The number of carbonyl (C=O) groups excluding carboxylic acids is 2. The third kappa shape index (κ3) is 6.48. The standard InChI is InChI=1S/C35H33N3O5S/c1-5-27-19-30-32(40)37(21-31(39)26-11-7-6-8-12-26)35(42)38(33(30)44-27)20-24-15-17-25(18-16-24)29-14-10-9-13-28(29)23(4)36-34(41)43-22(2)3/h6-19,22H,4-5,20-21H2,1-3H3,(H,36,41). The number of hydrogen-bond donors (Lipinski definition) is 1. The molecular weight excluding hydrogens is 574 g/mol. The van der Waals surface area contributed by atoms with Gasteiger partial charge in [0, 0.05) is 21.7 Å². The Labute approximate surface area is 258 Å². The molecule has 224 valence electrons. The van der Waals surface area contributed by atoms with Crippen LogP contribution in [-0.2, 0) is 24.2 Å². The molecule has 3 aromatic carbocycles. The van der Waals surface area contributed by atoms with Crippen molar-refractivity contribution in [2.24, 2.45) is 0 Å². The first-order valence-electron chi connectivity index (χ1n) is 14.4. The van der Waals surface area contributed by atoms with E-state index in [1.165, 1.54) is 11.3 Å². The summed E-state index contributed by atoms with van der Waals surface area (Å²) in [5.74, 6) is -0.307. The number of thiophene rings is 1. The number of aryl methyl sites for hydroxylation is 1. The van der Waals surface area contributed by atoms with Crippen molar-refractivity contribution in [3.05, 3.63) is 134 Å². The lowest BCUT2D eigenvalue weighted by Crippen LogP contribution is -2.41. The zero-order valence-corrected chi connectivity index (χ0v) is 25.6. The van der Waals surface area contributed by atoms with Crippen LogP contribution in [0.3, 0.4) is 0 Å². The summed E-state index contributed by atoms with van der Waals surface area (Å²) < 4.78 is 7.81. The van der Waals surface area contributed by atoms with E-state index in [-0.39, 0.29) is 25.0 Å². The van der Waals surface area contributed by atoms with E-state index in [9.17, 15) is 19.2 Å². The molecule has 0 unspecified atom stereocenters. The number of hydrogen-bond acceptors (Lipinski definition) is 6. The van der Waals surface area contributed by atoms with Crippen molar-refractivity contribution < 1.29 is 14.3 Å². The maximum Gasteiger partial charge on any atom is 0.411 e. The topological polar surface area (TPSA) is 99.4 Å². The molecule has 5 rings (SSSR count). The molecule has 5 aromatic rings. The quantitative estimate of drug-likeness (QED) is 0.183. The van der Waals surface area contributed by atoms with Gasteiger partial charge in [-0.25, -0.2) is 9.59 Å². The first-order valence-corrected chi connectivity index (χ1v) is 15.2. The molecule has 0 spiro atoms. The number of benzene rings is 3. The number of ketones is 1. The molecule has 2 aromatic heterocycles. The third-order valence-electron chi connectivity index (χ3n) is 7.15. The summed E-state index contributed by atoms with van der Waals surface area (Å²) in [4.78, 5) is 53.9. The summed E-state index contributed by atoms with van der Waals surface area (Å²) in [6.45, 7) is 9.46. The minimum absolute atomic E-state index is 0.218. The van der Waals surface area contributed by atoms with E-state index < -0.39 is 17.3 Å². The number of alkyl carbamates (subject to hydrolysis) is 1. The summed E-state index contributed by atoms with van der Waals surface area (Å²) >= 11 is 1.42. The lowest BCUT2D eigenvalue weighted by Gasteiger charge is -2.15. The molecule has 0 atom stereocenters. The van der Waals surface area contributed by atoms with E-state index in [1.807, 2.05) is 61.5 Å². The van der Waals surface area contributed by atoms with E-state index in [0.29, 0.717) is 21.5 Å². The molecule has 44 heavy (non-hydrogen) atoms.